The smallest absolute Gasteiger partial charge is 0.320 e. The van der Waals surface area contributed by atoms with Crippen molar-refractivity contribution in [2.24, 2.45) is 5.73 Å². The second kappa shape index (κ2) is 5.92. The number of carbonyl (C=O) groups excluding carboxylic acids is 1. The third kappa shape index (κ3) is 2.49. The summed E-state index contributed by atoms with van der Waals surface area (Å²) < 4.78 is 14.5. The van der Waals surface area contributed by atoms with E-state index in [1.807, 2.05) is 18.2 Å². The van der Waals surface area contributed by atoms with Crippen molar-refractivity contribution >= 4 is 23.3 Å². The quantitative estimate of drug-likeness (QED) is 0.865. The molecule has 1 spiro atoms. The number of carbonyl (C=O) groups is 2. The fourth-order valence-electron chi connectivity index (χ4n) is 3.67. The molecule has 1 fully saturated rings. The van der Waals surface area contributed by atoms with Crippen LogP contribution in [-0.2, 0) is 21.4 Å². The van der Waals surface area contributed by atoms with Gasteiger partial charge in [0.2, 0.25) is 5.91 Å². The summed E-state index contributed by atoms with van der Waals surface area (Å²) in [7, 11) is 0. The first kappa shape index (κ1) is 16.7. The summed E-state index contributed by atoms with van der Waals surface area (Å²) in [4.78, 5) is 25.2. The van der Waals surface area contributed by atoms with E-state index in [0.717, 1.165) is 24.0 Å². The summed E-state index contributed by atoms with van der Waals surface area (Å²) in [6.07, 6.45) is 2.36. The van der Waals surface area contributed by atoms with Crippen LogP contribution in [0.2, 0.25) is 0 Å². The van der Waals surface area contributed by atoms with Crippen LogP contribution in [0.3, 0.4) is 0 Å². The SMILES string of the molecule is N[C@@H](CCc1ccc(N2C(=O)C3(CC3)c3cccc(F)c32)cc1)C(=O)O. The van der Waals surface area contributed by atoms with Crippen molar-refractivity contribution in [3.8, 4) is 0 Å². The lowest BCUT2D eigenvalue weighted by atomic mass is 9.98. The topological polar surface area (TPSA) is 83.6 Å². The van der Waals surface area contributed by atoms with Crippen LogP contribution in [0.4, 0.5) is 15.8 Å². The maximum absolute atomic E-state index is 14.5. The van der Waals surface area contributed by atoms with Crippen LogP contribution in [0.25, 0.3) is 0 Å². The molecule has 0 radical (unpaired) electrons. The number of fused-ring (bicyclic) bond motifs is 2. The van der Waals surface area contributed by atoms with Gasteiger partial charge in [-0.3, -0.25) is 14.5 Å². The summed E-state index contributed by atoms with van der Waals surface area (Å²) in [6.45, 7) is 0. The third-order valence-electron chi connectivity index (χ3n) is 5.34. The van der Waals surface area contributed by atoms with Crippen molar-refractivity contribution in [3.63, 3.8) is 0 Å². The summed E-state index contributed by atoms with van der Waals surface area (Å²) in [6, 6.07) is 11.2. The minimum absolute atomic E-state index is 0.0711. The maximum atomic E-state index is 14.5. The first-order valence-corrected chi connectivity index (χ1v) is 8.65. The molecule has 0 bridgehead atoms. The highest BCUT2D eigenvalue weighted by atomic mass is 19.1. The molecule has 0 saturated heterocycles. The Balaban J connectivity index is 1.61. The van der Waals surface area contributed by atoms with Crippen molar-refractivity contribution < 1.29 is 19.1 Å². The molecule has 0 aromatic heterocycles. The van der Waals surface area contributed by atoms with Gasteiger partial charge in [0.25, 0.3) is 0 Å². The lowest BCUT2D eigenvalue weighted by Crippen LogP contribution is -2.30. The predicted molar refractivity (Wildman–Crippen MR) is 94.8 cm³/mol. The van der Waals surface area contributed by atoms with Gasteiger partial charge >= 0.3 is 5.97 Å². The van der Waals surface area contributed by atoms with Gasteiger partial charge in [0, 0.05) is 5.69 Å². The monoisotopic (exact) mass is 354 g/mol. The second-order valence-corrected chi connectivity index (χ2v) is 7.01. The summed E-state index contributed by atoms with van der Waals surface area (Å²) in [5, 5.41) is 8.85. The summed E-state index contributed by atoms with van der Waals surface area (Å²) >= 11 is 0. The van der Waals surface area contributed by atoms with Crippen molar-refractivity contribution in [1.82, 2.24) is 0 Å². The molecule has 1 saturated carbocycles. The molecule has 1 amide bonds. The molecule has 2 aromatic carbocycles. The van der Waals surface area contributed by atoms with E-state index < -0.39 is 23.2 Å². The van der Waals surface area contributed by atoms with E-state index in [0.29, 0.717) is 24.2 Å². The molecule has 1 aliphatic heterocycles. The Morgan fingerprint density at radius 2 is 1.92 bits per heavy atom. The van der Waals surface area contributed by atoms with Crippen LogP contribution >= 0.6 is 0 Å². The number of benzene rings is 2. The first-order chi connectivity index (χ1) is 12.4. The molecule has 2 aliphatic rings. The Bertz CT molecular complexity index is 890. The lowest BCUT2D eigenvalue weighted by Gasteiger charge is -2.19. The van der Waals surface area contributed by atoms with Crippen LogP contribution in [-0.4, -0.2) is 23.0 Å². The molecule has 4 rings (SSSR count). The van der Waals surface area contributed by atoms with Gasteiger partial charge in [-0.2, -0.15) is 0 Å². The van der Waals surface area contributed by atoms with Crippen molar-refractivity contribution in [1.29, 1.82) is 0 Å². The molecule has 6 heteroatoms. The zero-order valence-corrected chi connectivity index (χ0v) is 14.1. The van der Waals surface area contributed by atoms with Crippen LogP contribution in [0, 0.1) is 5.82 Å². The van der Waals surface area contributed by atoms with Crippen molar-refractivity contribution in [2.45, 2.75) is 37.1 Å². The highest BCUT2D eigenvalue weighted by Crippen LogP contribution is 2.59. The normalized spacial score (nSPS) is 18.1. The standard InChI is InChI=1S/C20H19FN2O3/c21-15-3-1-2-14-17(15)23(19(26)20(14)10-11-20)13-7-4-12(5-8-13)6-9-16(22)18(24)25/h1-5,7-8,16H,6,9-11,22H2,(H,24,25)/t16-/m0/s1. The van der Waals surface area contributed by atoms with E-state index in [-0.39, 0.29) is 5.91 Å². The Morgan fingerprint density at radius 1 is 1.23 bits per heavy atom. The maximum Gasteiger partial charge on any atom is 0.320 e. The Kier molecular flexibility index (Phi) is 3.80. The third-order valence-corrected chi connectivity index (χ3v) is 5.34. The Labute approximate surface area is 150 Å². The van der Waals surface area contributed by atoms with E-state index in [1.165, 1.54) is 11.0 Å². The van der Waals surface area contributed by atoms with Gasteiger partial charge in [-0.25, -0.2) is 4.39 Å². The number of nitrogens with two attached hydrogens (primary N) is 1. The minimum atomic E-state index is -1.02. The predicted octanol–water partition coefficient (Wildman–Crippen LogP) is 2.88. The number of anilines is 2. The molecule has 5 nitrogen and oxygen atoms in total. The Morgan fingerprint density at radius 3 is 2.54 bits per heavy atom. The molecule has 134 valence electrons. The molecule has 26 heavy (non-hydrogen) atoms. The van der Waals surface area contributed by atoms with Gasteiger partial charge in [-0.1, -0.05) is 24.3 Å². The van der Waals surface area contributed by atoms with Gasteiger partial charge < -0.3 is 10.8 Å². The first-order valence-electron chi connectivity index (χ1n) is 8.65. The van der Waals surface area contributed by atoms with Crippen LogP contribution < -0.4 is 10.6 Å². The molecule has 1 aliphatic carbocycles. The van der Waals surface area contributed by atoms with E-state index in [4.69, 9.17) is 10.8 Å². The fraction of sp³-hybridized carbons (Fsp3) is 0.300. The number of nitrogens with zero attached hydrogens (tertiary/aromatic N) is 1. The number of hydrogen-bond donors (Lipinski definition) is 2. The number of aliphatic carboxylic acids is 1. The Hall–Kier alpha value is -2.73. The van der Waals surface area contributed by atoms with Crippen molar-refractivity contribution in [2.75, 3.05) is 4.90 Å². The number of amides is 1. The molecule has 3 N–H and O–H groups in total. The highest BCUT2D eigenvalue weighted by molar-refractivity contribution is 6.14. The summed E-state index contributed by atoms with van der Waals surface area (Å²) in [5.74, 6) is -1.49. The highest BCUT2D eigenvalue weighted by Gasteiger charge is 2.60. The molecule has 2 aromatic rings. The number of hydrogen-bond acceptors (Lipinski definition) is 3. The largest absolute Gasteiger partial charge is 0.480 e. The van der Waals surface area contributed by atoms with E-state index >= 15 is 0 Å². The average molecular weight is 354 g/mol. The number of para-hydroxylation sites is 1. The van der Waals surface area contributed by atoms with E-state index in [2.05, 4.69) is 0 Å². The van der Waals surface area contributed by atoms with Crippen LogP contribution in [0.15, 0.2) is 42.5 Å². The van der Waals surface area contributed by atoms with E-state index in [9.17, 15) is 14.0 Å². The van der Waals surface area contributed by atoms with Gasteiger partial charge in [0.15, 0.2) is 0 Å². The van der Waals surface area contributed by atoms with Gasteiger partial charge in [0.05, 0.1) is 11.1 Å². The number of halogens is 1. The number of aryl methyl sites for hydroxylation is 1. The average Bonchev–Trinajstić information content (AvgIpc) is 3.39. The summed E-state index contributed by atoms with van der Waals surface area (Å²) in [5.41, 5.74) is 7.65. The molecule has 0 unspecified atom stereocenters. The minimum Gasteiger partial charge on any atom is -0.480 e. The fourth-order valence-corrected chi connectivity index (χ4v) is 3.67. The van der Waals surface area contributed by atoms with Crippen LogP contribution in [0.5, 0.6) is 0 Å². The molecule has 1 atom stereocenters. The van der Waals surface area contributed by atoms with Crippen molar-refractivity contribution in [3.05, 3.63) is 59.4 Å². The lowest BCUT2D eigenvalue weighted by molar-refractivity contribution is -0.138. The van der Waals surface area contributed by atoms with E-state index in [1.54, 1.807) is 18.2 Å². The molecule has 1 heterocycles. The zero-order valence-electron chi connectivity index (χ0n) is 14.1. The second-order valence-electron chi connectivity index (χ2n) is 7.01. The zero-order chi connectivity index (χ0) is 18.5. The van der Waals surface area contributed by atoms with Gasteiger partial charge in [-0.15, -0.1) is 0 Å². The number of carboxylic acid groups (broad SMARTS) is 1. The van der Waals surface area contributed by atoms with Crippen LogP contribution in [0.1, 0.15) is 30.4 Å². The molecular weight excluding hydrogens is 335 g/mol. The number of carboxylic acids is 1. The van der Waals surface area contributed by atoms with Gasteiger partial charge in [0.1, 0.15) is 11.9 Å². The van der Waals surface area contributed by atoms with Gasteiger partial charge in [-0.05, 0) is 55.0 Å². The number of rotatable bonds is 5. The molecular formula is C20H19FN2O3.